The SMILES string of the molecule is CCC[C@H](N[C@@H](C)C(=O)N1[C@H](C(=O)O)C[C@@H]2C=CCC[C@@H]21)C(=O)O. The standard InChI is InChI=1S/C17H26N2O5/c1-3-6-12(16(21)22)18-10(2)15(20)19-13-8-5-4-7-11(13)9-14(19)17(23)24/h4,7,10-14,18H,3,5-6,8-9H2,1-2H3,(H,21,22)(H,23,24)/t10-,11-,12-,13-,14-/m0/s1. The number of hydrogen-bond donors (Lipinski definition) is 3. The summed E-state index contributed by atoms with van der Waals surface area (Å²) in [6, 6.07) is -2.48. The average molecular weight is 338 g/mol. The normalized spacial score (nSPS) is 28.2. The number of nitrogens with zero attached hydrogens (tertiary/aromatic N) is 1. The van der Waals surface area contributed by atoms with Gasteiger partial charge in [-0.3, -0.25) is 14.9 Å². The highest BCUT2D eigenvalue weighted by atomic mass is 16.4. The van der Waals surface area contributed by atoms with E-state index in [0.717, 1.165) is 12.8 Å². The third-order valence-electron chi connectivity index (χ3n) is 4.93. The number of carbonyl (C=O) groups excluding carboxylic acids is 1. The molecular weight excluding hydrogens is 312 g/mol. The fourth-order valence-electron chi connectivity index (χ4n) is 3.76. The molecule has 7 nitrogen and oxygen atoms in total. The van der Waals surface area contributed by atoms with Crippen LogP contribution in [0.2, 0.25) is 0 Å². The van der Waals surface area contributed by atoms with Crippen molar-refractivity contribution < 1.29 is 24.6 Å². The van der Waals surface area contributed by atoms with Crippen molar-refractivity contribution in [1.29, 1.82) is 0 Å². The van der Waals surface area contributed by atoms with Crippen LogP contribution in [0.15, 0.2) is 12.2 Å². The maximum Gasteiger partial charge on any atom is 0.326 e. The van der Waals surface area contributed by atoms with Gasteiger partial charge < -0.3 is 15.1 Å². The van der Waals surface area contributed by atoms with E-state index in [0.29, 0.717) is 19.3 Å². The van der Waals surface area contributed by atoms with E-state index in [9.17, 15) is 24.6 Å². The summed E-state index contributed by atoms with van der Waals surface area (Å²) in [4.78, 5) is 37.2. The molecule has 0 bridgehead atoms. The number of amides is 1. The molecule has 24 heavy (non-hydrogen) atoms. The molecule has 1 aliphatic heterocycles. The Balaban J connectivity index is 2.14. The number of likely N-dealkylation sites (tertiary alicyclic amines) is 1. The lowest BCUT2D eigenvalue weighted by Gasteiger charge is -2.33. The molecule has 7 heteroatoms. The summed E-state index contributed by atoms with van der Waals surface area (Å²) >= 11 is 0. The van der Waals surface area contributed by atoms with E-state index in [1.807, 2.05) is 19.1 Å². The first-order valence-corrected chi connectivity index (χ1v) is 8.57. The van der Waals surface area contributed by atoms with Crippen LogP contribution in [0.4, 0.5) is 0 Å². The molecule has 0 radical (unpaired) electrons. The van der Waals surface area contributed by atoms with Crippen LogP contribution in [-0.4, -0.2) is 57.1 Å². The monoisotopic (exact) mass is 338 g/mol. The molecule has 1 fully saturated rings. The lowest BCUT2D eigenvalue weighted by atomic mass is 9.90. The Morgan fingerprint density at radius 3 is 2.62 bits per heavy atom. The van der Waals surface area contributed by atoms with Crippen LogP contribution in [0, 0.1) is 5.92 Å². The summed E-state index contributed by atoms with van der Waals surface area (Å²) in [6.45, 7) is 3.49. The van der Waals surface area contributed by atoms with E-state index >= 15 is 0 Å². The van der Waals surface area contributed by atoms with Gasteiger partial charge in [0.15, 0.2) is 0 Å². The van der Waals surface area contributed by atoms with E-state index in [4.69, 9.17) is 0 Å². The van der Waals surface area contributed by atoms with Gasteiger partial charge in [-0.1, -0.05) is 25.5 Å². The number of carbonyl (C=O) groups is 3. The van der Waals surface area contributed by atoms with Crippen molar-refractivity contribution in [2.24, 2.45) is 5.92 Å². The Labute approximate surface area is 141 Å². The molecule has 0 aromatic heterocycles. The van der Waals surface area contributed by atoms with Gasteiger partial charge in [0.1, 0.15) is 12.1 Å². The van der Waals surface area contributed by atoms with Crippen molar-refractivity contribution in [3.8, 4) is 0 Å². The highest BCUT2D eigenvalue weighted by Crippen LogP contribution is 2.37. The fourth-order valence-corrected chi connectivity index (χ4v) is 3.76. The summed E-state index contributed by atoms with van der Waals surface area (Å²) in [6.07, 6.45) is 7.15. The molecule has 2 aliphatic rings. The highest BCUT2D eigenvalue weighted by Gasteiger charge is 2.47. The first kappa shape index (κ1) is 18.4. The number of carboxylic acid groups (broad SMARTS) is 2. The summed E-state index contributed by atoms with van der Waals surface area (Å²) in [5.41, 5.74) is 0. The first-order valence-electron chi connectivity index (χ1n) is 8.57. The van der Waals surface area contributed by atoms with E-state index in [-0.39, 0.29) is 17.9 Å². The fraction of sp³-hybridized carbons (Fsp3) is 0.706. The number of carboxylic acids is 2. The molecule has 1 amide bonds. The van der Waals surface area contributed by atoms with Gasteiger partial charge in [0.2, 0.25) is 5.91 Å². The van der Waals surface area contributed by atoms with Crippen LogP contribution in [0.3, 0.4) is 0 Å². The molecule has 3 N–H and O–H groups in total. The smallest absolute Gasteiger partial charge is 0.326 e. The van der Waals surface area contributed by atoms with E-state index in [2.05, 4.69) is 5.32 Å². The van der Waals surface area contributed by atoms with E-state index < -0.39 is 30.1 Å². The molecule has 0 aromatic carbocycles. The molecule has 5 atom stereocenters. The van der Waals surface area contributed by atoms with Crippen LogP contribution in [0.5, 0.6) is 0 Å². The molecule has 0 aromatic rings. The zero-order valence-electron chi connectivity index (χ0n) is 14.1. The predicted octanol–water partition coefficient (Wildman–Crippen LogP) is 1.24. The summed E-state index contributed by atoms with van der Waals surface area (Å²) in [7, 11) is 0. The number of rotatable bonds is 7. The second-order valence-electron chi connectivity index (χ2n) is 6.64. The molecule has 2 rings (SSSR count). The molecular formula is C17H26N2O5. The van der Waals surface area contributed by atoms with Crippen molar-refractivity contribution in [3.05, 3.63) is 12.2 Å². The van der Waals surface area contributed by atoms with Crippen molar-refractivity contribution in [2.45, 2.75) is 70.1 Å². The number of nitrogens with one attached hydrogen (secondary N) is 1. The zero-order valence-corrected chi connectivity index (χ0v) is 14.1. The summed E-state index contributed by atoms with van der Waals surface area (Å²) in [5, 5.41) is 21.6. The quantitative estimate of drug-likeness (QED) is 0.603. The minimum Gasteiger partial charge on any atom is -0.480 e. The van der Waals surface area contributed by atoms with Crippen LogP contribution in [0.25, 0.3) is 0 Å². The number of fused-ring (bicyclic) bond motifs is 1. The van der Waals surface area contributed by atoms with Gasteiger partial charge in [0.25, 0.3) is 0 Å². The molecule has 1 saturated heterocycles. The predicted molar refractivity (Wildman–Crippen MR) is 87.5 cm³/mol. The minimum atomic E-state index is -0.998. The summed E-state index contributed by atoms with van der Waals surface area (Å²) in [5.74, 6) is -2.25. The van der Waals surface area contributed by atoms with Crippen molar-refractivity contribution in [3.63, 3.8) is 0 Å². The average Bonchev–Trinajstić information content (AvgIpc) is 2.93. The Morgan fingerprint density at radius 1 is 1.33 bits per heavy atom. The highest BCUT2D eigenvalue weighted by molar-refractivity contribution is 5.88. The van der Waals surface area contributed by atoms with Gasteiger partial charge in [-0.05, 0) is 38.5 Å². The zero-order chi connectivity index (χ0) is 17.9. The van der Waals surface area contributed by atoms with Crippen LogP contribution < -0.4 is 5.32 Å². The lowest BCUT2D eigenvalue weighted by Crippen LogP contribution is -2.55. The molecule has 0 spiro atoms. The van der Waals surface area contributed by atoms with E-state index in [1.165, 1.54) is 4.90 Å². The Bertz CT molecular complexity index is 533. The largest absolute Gasteiger partial charge is 0.480 e. The molecule has 1 heterocycles. The third-order valence-corrected chi connectivity index (χ3v) is 4.93. The second-order valence-corrected chi connectivity index (χ2v) is 6.64. The van der Waals surface area contributed by atoms with Gasteiger partial charge in [-0.25, -0.2) is 4.79 Å². The maximum atomic E-state index is 12.9. The summed E-state index contributed by atoms with van der Waals surface area (Å²) < 4.78 is 0. The molecule has 134 valence electrons. The van der Waals surface area contributed by atoms with Gasteiger partial charge in [0.05, 0.1) is 6.04 Å². The van der Waals surface area contributed by atoms with Crippen molar-refractivity contribution >= 4 is 17.8 Å². The van der Waals surface area contributed by atoms with Crippen molar-refractivity contribution in [2.75, 3.05) is 0 Å². The van der Waals surface area contributed by atoms with E-state index in [1.54, 1.807) is 6.92 Å². The molecule has 0 saturated carbocycles. The van der Waals surface area contributed by atoms with Gasteiger partial charge >= 0.3 is 11.9 Å². The van der Waals surface area contributed by atoms with Gasteiger partial charge in [-0.2, -0.15) is 0 Å². The molecule has 1 aliphatic carbocycles. The number of allylic oxidation sites excluding steroid dienone is 1. The first-order chi connectivity index (χ1) is 11.4. The Morgan fingerprint density at radius 2 is 2.04 bits per heavy atom. The number of aliphatic carboxylic acids is 2. The van der Waals surface area contributed by atoms with Gasteiger partial charge in [0, 0.05) is 6.04 Å². The number of hydrogen-bond acceptors (Lipinski definition) is 4. The Hall–Kier alpha value is -1.89. The minimum absolute atomic E-state index is 0.0712. The second kappa shape index (κ2) is 7.79. The lowest BCUT2D eigenvalue weighted by molar-refractivity contribution is -0.151. The maximum absolute atomic E-state index is 12.9. The van der Waals surface area contributed by atoms with Crippen LogP contribution in [-0.2, 0) is 14.4 Å². The van der Waals surface area contributed by atoms with Crippen molar-refractivity contribution in [1.82, 2.24) is 10.2 Å². The Kier molecular flexibility index (Phi) is 5.99. The molecule has 0 unspecified atom stereocenters. The van der Waals surface area contributed by atoms with Gasteiger partial charge in [-0.15, -0.1) is 0 Å². The van der Waals surface area contributed by atoms with Crippen LogP contribution >= 0.6 is 0 Å². The topological polar surface area (TPSA) is 107 Å². The van der Waals surface area contributed by atoms with Crippen LogP contribution in [0.1, 0.15) is 46.0 Å². The third kappa shape index (κ3) is 3.77.